The van der Waals surface area contributed by atoms with Crippen LogP contribution in [0, 0.1) is 13.8 Å². The summed E-state index contributed by atoms with van der Waals surface area (Å²) in [5, 5.41) is 13.4. The molecule has 7 heteroatoms. The van der Waals surface area contributed by atoms with Crippen molar-refractivity contribution in [2.45, 2.75) is 72.6 Å². The van der Waals surface area contributed by atoms with Gasteiger partial charge in [0.15, 0.2) is 17.6 Å². The van der Waals surface area contributed by atoms with Crippen LogP contribution in [0.3, 0.4) is 0 Å². The number of hydrogen-bond acceptors (Lipinski definition) is 4. The number of carbonyl (C=O) groups is 2. The fourth-order valence-corrected chi connectivity index (χ4v) is 4.96. The standard InChI is InChI=1S/C34H40N2O5/c1-20-22(3)36(19-24-9-16-30(40-8)31(17-24)41-23(4)33(38)39)29-15-12-26(18-28(20)29)32(37)35-21(2)25-10-13-27(14-11-25)34(5,6)7/h9-18,21,23H,19H2,1-8H3,(H,35,37)(H,38,39)/t21-,23-/m0/s1. The van der Waals surface area contributed by atoms with Gasteiger partial charge in [-0.2, -0.15) is 0 Å². The fraction of sp³-hybridized carbons (Fsp3) is 0.353. The van der Waals surface area contributed by atoms with Crippen molar-refractivity contribution in [1.82, 2.24) is 9.88 Å². The average Bonchev–Trinajstić information content (AvgIpc) is 3.16. The first-order chi connectivity index (χ1) is 19.3. The van der Waals surface area contributed by atoms with E-state index in [1.165, 1.54) is 19.6 Å². The summed E-state index contributed by atoms with van der Waals surface area (Å²) in [5.41, 5.74) is 7.15. The van der Waals surface area contributed by atoms with E-state index in [-0.39, 0.29) is 17.4 Å². The number of ether oxygens (including phenoxy) is 2. The molecule has 1 amide bonds. The molecule has 7 nitrogen and oxygen atoms in total. The number of benzene rings is 3. The molecule has 0 saturated carbocycles. The van der Waals surface area contributed by atoms with Gasteiger partial charge in [-0.25, -0.2) is 4.79 Å². The molecule has 0 fully saturated rings. The predicted octanol–water partition coefficient (Wildman–Crippen LogP) is 6.96. The Hall–Kier alpha value is -4.26. The minimum Gasteiger partial charge on any atom is -0.493 e. The number of carbonyl (C=O) groups excluding carboxylic acids is 1. The third kappa shape index (κ3) is 6.40. The first kappa shape index (κ1) is 29.7. The highest BCUT2D eigenvalue weighted by atomic mass is 16.5. The smallest absolute Gasteiger partial charge is 0.344 e. The second-order valence-electron chi connectivity index (χ2n) is 11.7. The molecule has 0 radical (unpaired) electrons. The Labute approximate surface area is 242 Å². The van der Waals surface area contributed by atoms with E-state index in [0.717, 1.165) is 33.3 Å². The molecule has 0 aliphatic carbocycles. The Morgan fingerprint density at radius 3 is 2.24 bits per heavy atom. The molecule has 0 unspecified atom stereocenters. The molecule has 1 aromatic heterocycles. The number of methoxy groups -OCH3 is 1. The lowest BCUT2D eigenvalue weighted by Gasteiger charge is -2.21. The van der Waals surface area contributed by atoms with Gasteiger partial charge in [-0.15, -0.1) is 0 Å². The van der Waals surface area contributed by atoms with Crippen LogP contribution < -0.4 is 14.8 Å². The largest absolute Gasteiger partial charge is 0.493 e. The van der Waals surface area contributed by atoms with Crippen LogP contribution >= 0.6 is 0 Å². The van der Waals surface area contributed by atoms with E-state index in [1.54, 1.807) is 6.07 Å². The van der Waals surface area contributed by atoms with Crippen molar-refractivity contribution in [3.63, 3.8) is 0 Å². The Morgan fingerprint density at radius 1 is 0.951 bits per heavy atom. The highest BCUT2D eigenvalue weighted by Crippen LogP contribution is 2.32. The summed E-state index contributed by atoms with van der Waals surface area (Å²) in [7, 11) is 1.53. The Kier molecular flexibility index (Phi) is 8.47. The number of amides is 1. The minimum absolute atomic E-state index is 0.0786. The first-order valence-electron chi connectivity index (χ1n) is 13.9. The predicted molar refractivity (Wildman–Crippen MR) is 162 cm³/mol. The van der Waals surface area contributed by atoms with Crippen LogP contribution in [0.1, 0.15) is 79.0 Å². The van der Waals surface area contributed by atoms with E-state index >= 15 is 0 Å². The number of fused-ring (bicyclic) bond motifs is 1. The maximum atomic E-state index is 13.2. The fourth-order valence-electron chi connectivity index (χ4n) is 4.96. The molecular weight excluding hydrogens is 516 g/mol. The summed E-state index contributed by atoms with van der Waals surface area (Å²) in [6.07, 6.45) is -1.01. The average molecular weight is 557 g/mol. The van der Waals surface area contributed by atoms with Crippen molar-refractivity contribution in [3.8, 4) is 11.5 Å². The van der Waals surface area contributed by atoms with Crippen LogP contribution in [0.4, 0.5) is 0 Å². The van der Waals surface area contributed by atoms with E-state index in [1.807, 2.05) is 37.3 Å². The first-order valence-corrected chi connectivity index (χ1v) is 13.9. The van der Waals surface area contributed by atoms with E-state index in [0.29, 0.717) is 23.6 Å². The third-order valence-corrected chi connectivity index (χ3v) is 7.75. The number of aliphatic carboxylic acids is 1. The van der Waals surface area contributed by atoms with E-state index in [2.05, 4.69) is 68.8 Å². The number of hydrogen-bond donors (Lipinski definition) is 2. The molecule has 0 bridgehead atoms. The second-order valence-corrected chi connectivity index (χ2v) is 11.7. The summed E-state index contributed by atoms with van der Waals surface area (Å²) in [6.45, 7) is 14.7. The quantitative estimate of drug-likeness (QED) is 0.233. The maximum absolute atomic E-state index is 13.2. The third-order valence-electron chi connectivity index (χ3n) is 7.75. The molecule has 0 aliphatic rings. The van der Waals surface area contributed by atoms with Crippen molar-refractivity contribution in [2.75, 3.05) is 7.11 Å². The normalized spacial score (nSPS) is 13.1. The minimum atomic E-state index is -1.05. The molecule has 2 atom stereocenters. The van der Waals surface area contributed by atoms with Gasteiger partial charge in [0.05, 0.1) is 13.2 Å². The van der Waals surface area contributed by atoms with Gasteiger partial charge in [0.25, 0.3) is 5.91 Å². The van der Waals surface area contributed by atoms with Gasteiger partial charge in [-0.1, -0.05) is 51.1 Å². The van der Waals surface area contributed by atoms with Gasteiger partial charge in [-0.05, 0) is 85.7 Å². The Balaban J connectivity index is 1.57. The molecule has 0 aliphatic heterocycles. The van der Waals surface area contributed by atoms with Crippen molar-refractivity contribution >= 4 is 22.8 Å². The maximum Gasteiger partial charge on any atom is 0.344 e. The number of aromatic nitrogens is 1. The molecule has 1 heterocycles. The highest BCUT2D eigenvalue weighted by Gasteiger charge is 2.19. The number of nitrogens with one attached hydrogen (secondary N) is 1. The van der Waals surface area contributed by atoms with Crippen LogP contribution in [0.15, 0.2) is 60.7 Å². The number of nitrogens with zero attached hydrogens (tertiary/aromatic N) is 1. The van der Waals surface area contributed by atoms with E-state index in [9.17, 15) is 14.7 Å². The summed E-state index contributed by atoms with van der Waals surface area (Å²) < 4.78 is 13.2. The van der Waals surface area contributed by atoms with Crippen LogP contribution in [-0.4, -0.2) is 34.8 Å². The van der Waals surface area contributed by atoms with Crippen LogP contribution in [0.5, 0.6) is 11.5 Å². The molecule has 0 spiro atoms. The van der Waals surface area contributed by atoms with Crippen LogP contribution in [0.2, 0.25) is 0 Å². The monoisotopic (exact) mass is 556 g/mol. The van der Waals surface area contributed by atoms with Crippen molar-refractivity contribution < 1.29 is 24.2 Å². The molecule has 0 saturated heterocycles. The topological polar surface area (TPSA) is 89.8 Å². The molecule has 2 N–H and O–H groups in total. The van der Waals surface area contributed by atoms with Gasteiger partial charge in [-0.3, -0.25) is 4.79 Å². The summed E-state index contributed by atoms with van der Waals surface area (Å²) in [5.74, 6) is -0.310. The zero-order valence-electron chi connectivity index (χ0n) is 25.2. The van der Waals surface area contributed by atoms with E-state index < -0.39 is 12.1 Å². The SMILES string of the molecule is COc1ccc(Cn2c(C)c(C)c3cc(C(=O)N[C@@H](C)c4ccc(C(C)(C)C)cc4)ccc32)cc1O[C@@H](C)C(=O)O. The highest BCUT2D eigenvalue weighted by molar-refractivity contribution is 5.99. The van der Waals surface area contributed by atoms with Gasteiger partial charge >= 0.3 is 5.97 Å². The van der Waals surface area contributed by atoms with Crippen LogP contribution in [0.25, 0.3) is 10.9 Å². The zero-order valence-corrected chi connectivity index (χ0v) is 25.2. The van der Waals surface area contributed by atoms with Crippen molar-refractivity contribution in [1.29, 1.82) is 0 Å². The number of carboxylic acid groups (broad SMARTS) is 1. The molecule has 4 rings (SSSR count). The van der Waals surface area contributed by atoms with Crippen LogP contribution in [-0.2, 0) is 16.8 Å². The molecule has 4 aromatic rings. The lowest BCUT2D eigenvalue weighted by Crippen LogP contribution is -2.26. The zero-order chi connectivity index (χ0) is 30.1. The molecule has 216 valence electrons. The Morgan fingerprint density at radius 2 is 1.63 bits per heavy atom. The van der Waals surface area contributed by atoms with E-state index in [4.69, 9.17) is 9.47 Å². The van der Waals surface area contributed by atoms with Gasteiger partial charge in [0.2, 0.25) is 0 Å². The molecular formula is C34H40N2O5. The van der Waals surface area contributed by atoms with Crippen molar-refractivity contribution in [3.05, 3.63) is 94.2 Å². The van der Waals surface area contributed by atoms with Gasteiger partial charge in [0, 0.05) is 28.7 Å². The molecule has 3 aromatic carbocycles. The van der Waals surface area contributed by atoms with Gasteiger partial charge in [0.1, 0.15) is 0 Å². The lowest BCUT2D eigenvalue weighted by atomic mass is 9.86. The Bertz CT molecular complexity index is 1580. The lowest BCUT2D eigenvalue weighted by molar-refractivity contribution is -0.144. The number of aryl methyl sites for hydroxylation is 1. The summed E-state index contributed by atoms with van der Waals surface area (Å²) in [6, 6.07) is 19.6. The van der Waals surface area contributed by atoms with Crippen molar-refractivity contribution in [2.24, 2.45) is 0 Å². The van der Waals surface area contributed by atoms with Gasteiger partial charge < -0.3 is 24.5 Å². The molecule has 41 heavy (non-hydrogen) atoms. The number of carboxylic acids is 1. The number of rotatable bonds is 9. The summed E-state index contributed by atoms with van der Waals surface area (Å²) in [4.78, 5) is 24.6. The second kappa shape index (κ2) is 11.7. The summed E-state index contributed by atoms with van der Waals surface area (Å²) >= 11 is 0.